The van der Waals surface area contributed by atoms with E-state index in [0.717, 1.165) is 0 Å². The molecule has 2 amide bonds. The summed E-state index contributed by atoms with van der Waals surface area (Å²) >= 11 is 0. The fraction of sp³-hybridized carbons (Fsp3) is 0.500. The Morgan fingerprint density at radius 3 is 2.32 bits per heavy atom. The average molecular weight is 272 g/mol. The van der Waals surface area contributed by atoms with Gasteiger partial charge in [0.25, 0.3) is 17.7 Å². The summed E-state index contributed by atoms with van der Waals surface area (Å²) in [6.45, 7) is 3.51. The van der Waals surface area contributed by atoms with E-state index in [0.29, 0.717) is 11.5 Å². The van der Waals surface area contributed by atoms with Crippen molar-refractivity contribution in [2.24, 2.45) is 0 Å². The summed E-state index contributed by atoms with van der Waals surface area (Å²) < 4.78 is 0. The number of hydroxylamine groups is 4. The minimum absolute atomic E-state index is 0.110. The number of hydrogen-bond donors (Lipinski definition) is 2. The molecular formula is C10H12N2O7. The van der Waals surface area contributed by atoms with Gasteiger partial charge < -0.3 is 10.2 Å². The van der Waals surface area contributed by atoms with E-state index in [1.165, 1.54) is 0 Å². The molecule has 2 N–H and O–H groups in total. The highest BCUT2D eigenvalue weighted by Gasteiger charge is 2.46. The zero-order chi connectivity index (χ0) is 14.2. The van der Waals surface area contributed by atoms with Gasteiger partial charge in [0.1, 0.15) is 0 Å². The Kier molecular flexibility index (Phi) is 3.16. The summed E-state index contributed by atoms with van der Waals surface area (Å²) in [5.74, 6) is -3.83. The lowest BCUT2D eigenvalue weighted by atomic mass is 10.3. The van der Waals surface area contributed by atoms with Crippen LogP contribution < -0.4 is 0 Å². The van der Waals surface area contributed by atoms with Crippen LogP contribution in [0.3, 0.4) is 0 Å². The van der Waals surface area contributed by atoms with Crippen LogP contribution in [0.25, 0.3) is 0 Å². The first kappa shape index (κ1) is 13.3. The van der Waals surface area contributed by atoms with Gasteiger partial charge >= 0.3 is 6.16 Å². The van der Waals surface area contributed by atoms with Crippen molar-refractivity contribution < 1.29 is 34.3 Å². The second-order valence-corrected chi connectivity index (χ2v) is 4.15. The molecule has 9 nitrogen and oxygen atoms in total. The quantitative estimate of drug-likeness (QED) is 0.642. The third kappa shape index (κ3) is 2.51. The molecule has 2 rings (SSSR count). The summed E-state index contributed by atoms with van der Waals surface area (Å²) in [6.07, 6.45) is -1.42. The number of carbonyl (C=O) groups excluding carboxylic acids is 3. The maximum Gasteiger partial charge on any atom is 0.559 e. The van der Waals surface area contributed by atoms with Gasteiger partial charge in [-0.05, 0) is 6.42 Å². The second-order valence-electron chi connectivity index (χ2n) is 4.15. The van der Waals surface area contributed by atoms with Gasteiger partial charge in [0, 0.05) is 19.3 Å². The van der Waals surface area contributed by atoms with Crippen LogP contribution in [0.1, 0.15) is 25.7 Å². The molecule has 2 heterocycles. The van der Waals surface area contributed by atoms with E-state index in [9.17, 15) is 24.6 Å². The Hall–Kier alpha value is -2.13. The maximum absolute atomic E-state index is 11.4. The van der Waals surface area contributed by atoms with Crippen LogP contribution >= 0.6 is 0 Å². The molecule has 0 saturated carbocycles. The summed E-state index contributed by atoms with van der Waals surface area (Å²) in [7, 11) is 0. The zero-order valence-corrected chi connectivity index (χ0v) is 9.87. The lowest BCUT2D eigenvalue weighted by Gasteiger charge is -2.25. The lowest BCUT2D eigenvalue weighted by Crippen LogP contribution is -2.47. The van der Waals surface area contributed by atoms with Gasteiger partial charge in [-0.2, -0.15) is 4.79 Å². The fourth-order valence-electron chi connectivity index (χ4n) is 1.71. The van der Waals surface area contributed by atoms with Crippen molar-refractivity contribution in [3.8, 4) is 0 Å². The van der Waals surface area contributed by atoms with Gasteiger partial charge in [-0.1, -0.05) is 6.58 Å². The Labute approximate surface area is 107 Å². The van der Waals surface area contributed by atoms with Crippen molar-refractivity contribution in [1.82, 2.24) is 10.1 Å². The molecule has 0 bridgehead atoms. The standard InChI is InChI=1S/C10H12N2O7/c1-6-2-3-7(13)11(6)18-9(15)19-12-8(14)4-5-10(12,16)17/h16-17H,1-5H2. The van der Waals surface area contributed by atoms with Gasteiger partial charge in [0.05, 0.1) is 5.70 Å². The molecule has 19 heavy (non-hydrogen) atoms. The molecule has 2 aliphatic rings. The van der Waals surface area contributed by atoms with Crippen LogP contribution in [-0.4, -0.2) is 44.2 Å². The van der Waals surface area contributed by atoms with Crippen molar-refractivity contribution >= 4 is 18.0 Å². The van der Waals surface area contributed by atoms with Crippen LogP contribution in [0.2, 0.25) is 0 Å². The number of rotatable bonds is 2. The number of allylic oxidation sites excluding steroid dienone is 1. The summed E-state index contributed by atoms with van der Waals surface area (Å²) in [4.78, 5) is 42.9. The molecule has 0 aromatic rings. The summed E-state index contributed by atoms with van der Waals surface area (Å²) in [5, 5.41) is 19.5. The smallest absolute Gasteiger partial charge is 0.346 e. The van der Waals surface area contributed by atoms with E-state index in [-0.39, 0.29) is 30.0 Å². The predicted molar refractivity (Wildman–Crippen MR) is 56.0 cm³/mol. The molecule has 0 radical (unpaired) electrons. The molecule has 0 spiro atoms. The van der Waals surface area contributed by atoms with Gasteiger partial charge in [-0.15, -0.1) is 10.1 Å². The molecule has 0 aromatic carbocycles. The highest BCUT2D eigenvalue weighted by molar-refractivity contribution is 5.82. The van der Waals surface area contributed by atoms with E-state index >= 15 is 0 Å². The zero-order valence-electron chi connectivity index (χ0n) is 9.87. The molecule has 2 aliphatic heterocycles. The Morgan fingerprint density at radius 2 is 1.84 bits per heavy atom. The predicted octanol–water partition coefficient (Wildman–Crippen LogP) is -0.634. The number of amides is 2. The van der Waals surface area contributed by atoms with Crippen molar-refractivity contribution in [3.05, 3.63) is 12.3 Å². The molecule has 0 aromatic heterocycles. The lowest BCUT2D eigenvalue weighted by molar-refractivity contribution is -0.332. The third-order valence-corrected chi connectivity index (χ3v) is 2.70. The summed E-state index contributed by atoms with van der Waals surface area (Å²) in [6, 6.07) is 0. The molecule has 0 aliphatic carbocycles. The Balaban J connectivity index is 1.96. The van der Waals surface area contributed by atoms with Gasteiger partial charge in [-0.3, -0.25) is 19.3 Å². The van der Waals surface area contributed by atoms with Crippen molar-refractivity contribution in [2.75, 3.05) is 0 Å². The van der Waals surface area contributed by atoms with Gasteiger partial charge in [-0.25, -0.2) is 0 Å². The normalized spacial score (nSPS) is 22.1. The third-order valence-electron chi connectivity index (χ3n) is 2.70. The molecule has 2 fully saturated rings. The van der Waals surface area contributed by atoms with Crippen LogP contribution in [0.4, 0.5) is 4.79 Å². The second kappa shape index (κ2) is 4.52. The first-order valence-corrected chi connectivity index (χ1v) is 5.50. The molecule has 9 heteroatoms. The summed E-state index contributed by atoms with van der Waals surface area (Å²) in [5.41, 5.74) is 0.272. The van der Waals surface area contributed by atoms with Crippen LogP contribution in [0.15, 0.2) is 12.3 Å². The first-order valence-electron chi connectivity index (χ1n) is 5.50. The van der Waals surface area contributed by atoms with E-state index < -0.39 is 23.9 Å². The molecule has 104 valence electrons. The van der Waals surface area contributed by atoms with E-state index in [2.05, 4.69) is 16.3 Å². The molecule has 2 saturated heterocycles. The molecule has 0 atom stereocenters. The monoisotopic (exact) mass is 272 g/mol. The number of carbonyl (C=O) groups is 3. The van der Waals surface area contributed by atoms with Crippen molar-refractivity contribution in [1.29, 1.82) is 0 Å². The van der Waals surface area contributed by atoms with E-state index in [4.69, 9.17) is 0 Å². The maximum atomic E-state index is 11.4. The fourth-order valence-corrected chi connectivity index (χ4v) is 1.71. The van der Waals surface area contributed by atoms with Crippen LogP contribution in [0, 0.1) is 0 Å². The van der Waals surface area contributed by atoms with Crippen LogP contribution in [0.5, 0.6) is 0 Å². The highest BCUT2D eigenvalue weighted by Crippen LogP contribution is 2.26. The SMILES string of the molecule is C=C1CCC(=O)N1OC(=O)ON1C(=O)CCC1(O)O. The van der Waals surface area contributed by atoms with Crippen molar-refractivity contribution in [3.63, 3.8) is 0 Å². The Bertz CT molecular complexity index is 443. The topological polar surface area (TPSA) is 117 Å². The number of nitrogens with zero attached hydrogens (tertiary/aromatic N) is 2. The van der Waals surface area contributed by atoms with Gasteiger partial charge in [0.15, 0.2) is 0 Å². The Morgan fingerprint density at radius 1 is 1.16 bits per heavy atom. The first-order chi connectivity index (χ1) is 8.81. The minimum Gasteiger partial charge on any atom is -0.346 e. The van der Waals surface area contributed by atoms with E-state index in [1.807, 2.05) is 0 Å². The number of hydrogen-bond acceptors (Lipinski definition) is 7. The van der Waals surface area contributed by atoms with Crippen molar-refractivity contribution in [2.45, 2.75) is 31.6 Å². The highest BCUT2D eigenvalue weighted by atomic mass is 16.9. The largest absolute Gasteiger partial charge is 0.559 e. The number of aliphatic hydroxyl groups is 2. The average Bonchev–Trinajstić information content (AvgIpc) is 2.76. The van der Waals surface area contributed by atoms with E-state index in [1.54, 1.807) is 0 Å². The van der Waals surface area contributed by atoms with Crippen LogP contribution in [-0.2, 0) is 19.3 Å². The molecular weight excluding hydrogens is 260 g/mol. The molecule has 0 unspecified atom stereocenters. The van der Waals surface area contributed by atoms with Gasteiger partial charge in [0.2, 0.25) is 0 Å². The minimum atomic E-state index is -2.57.